The van der Waals surface area contributed by atoms with Crippen LogP contribution in [0, 0.1) is 11.7 Å². The maximum absolute atomic E-state index is 12.6. The van der Waals surface area contributed by atoms with Crippen molar-refractivity contribution in [2.45, 2.75) is 13.3 Å². The Morgan fingerprint density at radius 2 is 2.06 bits per heavy atom. The van der Waals surface area contributed by atoms with Crippen LogP contribution < -0.4 is 0 Å². The van der Waals surface area contributed by atoms with Gasteiger partial charge in [-0.25, -0.2) is 4.39 Å². The van der Waals surface area contributed by atoms with E-state index >= 15 is 0 Å². The molecule has 0 aromatic heterocycles. The van der Waals surface area contributed by atoms with E-state index < -0.39 is 0 Å². The number of carbonyl (C=O) groups excluding carboxylic acids is 1. The molecule has 17 heavy (non-hydrogen) atoms. The molecule has 1 unspecified atom stereocenters. The maximum Gasteiger partial charge on any atom is 0.147 e. The zero-order valence-electron chi connectivity index (χ0n) is 9.86. The summed E-state index contributed by atoms with van der Waals surface area (Å²) in [5, 5.41) is 8.83. The summed E-state index contributed by atoms with van der Waals surface area (Å²) in [6.07, 6.45) is 0.348. The average molecular weight is 256 g/mol. The van der Waals surface area contributed by atoms with Crippen molar-refractivity contribution in [3.05, 3.63) is 35.6 Å². The predicted octanol–water partition coefficient (Wildman–Crippen LogP) is 2.30. The summed E-state index contributed by atoms with van der Waals surface area (Å²) in [5.41, 5.74) is 0.840. The van der Waals surface area contributed by atoms with E-state index in [0.29, 0.717) is 12.2 Å². The van der Waals surface area contributed by atoms with Crippen molar-refractivity contribution in [3.63, 3.8) is 0 Å². The van der Waals surface area contributed by atoms with Crippen molar-refractivity contribution in [2.24, 2.45) is 5.92 Å². The topological polar surface area (TPSA) is 37.3 Å². The van der Waals surface area contributed by atoms with Crippen LogP contribution in [0.3, 0.4) is 0 Å². The van der Waals surface area contributed by atoms with Crippen molar-refractivity contribution in [1.29, 1.82) is 0 Å². The van der Waals surface area contributed by atoms with Gasteiger partial charge in [0.1, 0.15) is 11.6 Å². The van der Waals surface area contributed by atoms with Gasteiger partial charge < -0.3 is 5.11 Å². The Morgan fingerprint density at radius 1 is 1.41 bits per heavy atom. The number of benzene rings is 1. The van der Waals surface area contributed by atoms with Gasteiger partial charge in [-0.05, 0) is 29.4 Å². The molecule has 0 aliphatic rings. The molecule has 0 saturated carbocycles. The second kappa shape index (κ2) is 7.45. The first kappa shape index (κ1) is 14.2. The number of aliphatic hydroxyl groups is 1. The standard InChI is InChI=1S/C13H17FO2S/c1-10(7-15)8-17-9-13(16)6-11-2-4-12(14)5-3-11/h2-5,10,15H,6-9H2,1H3. The van der Waals surface area contributed by atoms with Crippen LogP contribution in [0.25, 0.3) is 0 Å². The highest BCUT2D eigenvalue weighted by atomic mass is 32.2. The Hall–Kier alpha value is -0.870. The quantitative estimate of drug-likeness (QED) is 0.813. The second-order valence-corrected chi connectivity index (χ2v) is 5.18. The van der Waals surface area contributed by atoms with Crippen LogP contribution in [0.15, 0.2) is 24.3 Å². The molecule has 4 heteroatoms. The van der Waals surface area contributed by atoms with Gasteiger partial charge >= 0.3 is 0 Å². The van der Waals surface area contributed by atoms with Crippen LogP contribution in [-0.2, 0) is 11.2 Å². The number of carbonyl (C=O) groups is 1. The normalized spacial score (nSPS) is 12.4. The molecule has 0 bridgehead atoms. The summed E-state index contributed by atoms with van der Waals surface area (Å²) in [6.45, 7) is 2.09. The van der Waals surface area contributed by atoms with Gasteiger partial charge in [0.25, 0.3) is 0 Å². The van der Waals surface area contributed by atoms with Gasteiger partial charge in [0.15, 0.2) is 0 Å². The molecule has 1 aromatic carbocycles. The van der Waals surface area contributed by atoms with E-state index in [4.69, 9.17) is 5.11 Å². The highest BCUT2D eigenvalue weighted by molar-refractivity contribution is 7.99. The van der Waals surface area contributed by atoms with E-state index in [1.54, 1.807) is 12.1 Å². The highest BCUT2D eigenvalue weighted by Crippen LogP contribution is 2.10. The minimum Gasteiger partial charge on any atom is -0.396 e. The van der Waals surface area contributed by atoms with Crippen molar-refractivity contribution < 1.29 is 14.3 Å². The lowest BCUT2D eigenvalue weighted by Gasteiger charge is -2.06. The Balaban J connectivity index is 2.27. The summed E-state index contributed by atoms with van der Waals surface area (Å²) < 4.78 is 12.6. The number of hydrogen-bond acceptors (Lipinski definition) is 3. The largest absolute Gasteiger partial charge is 0.396 e. The van der Waals surface area contributed by atoms with Gasteiger partial charge in [-0.15, -0.1) is 0 Å². The van der Waals surface area contributed by atoms with Crippen molar-refractivity contribution in [1.82, 2.24) is 0 Å². The monoisotopic (exact) mass is 256 g/mol. The number of thioether (sulfide) groups is 1. The van der Waals surface area contributed by atoms with E-state index in [1.807, 2.05) is 6.92 Å². The van der Waals surface area contributed by atoms with Crippen LogP contribution >= 0.6 is 11.8 Å². The third kappa shape index (κ3) is 5.84. The van der Waals surface area contributed by atoms with Crippen LogP contribution in [0.2, 0.25) is 0 Å². The molecule has 0 heterocycles. The van der Waals surface area contributed by atoms with Gasteiger partial charge in [-0.2, -0.15) is 11.8 Å². The molecular weight excluding hydrogens is 239 g/mol. The SMILES string of the molecule is CC(CO)CSCC(=O)Cc1ccc(F)cc1. The third-order valence-corrected chi connectivity index (χ3v) is 3.62. The number of rotatable bonds is 7. The molecule has 0 amide bonds. The van der Waals surface area contributed by atoms with Gasteiger partial charge in [0.05, 0.1) is 5.75 Å². The molecule has 0 aliphatic carbocycles. The predicted molar refractivity (Wildman–Crippen MR) is 68.7 cm³/mol. The van der Waals surface area contributed by atoms with Crippen LogP contribution in [-0.4, -0.2) is 29.0 Å². The Morgan fingerprint density at radius 3 is 2.65 bits per heavy atom. The molecule has 0 saturated heterocycles. The highest BCUT2D eigenvalue weighted by Gasteiger charge is 2.06. The average Bonchev–Trinajstić information content (AvgIpc) is 2.32. The zero-order chi connectivity index (χ0) is 12.7. The Labute approximate surface area is 105 Å². The lowest BCUT2D eigenvalue weighted by Crippen LogP contribution is -2.09. The molecule has 1 atom stereocenters. The maximum atomic E-state index is 12.6. The molecule has 0 aliphatic heterocycles. The fraction of sp³-hybridized carbons (Fsp3) is 0.462. The zero-order valence-corrected chi connectivity index (χ0v) is 10.7. The number of ketones is 1. The summed E-state index contributed by atoms with van der Waals surface area (Å²) in [4.78, 5) is 11.6. The van der Waals surface area contributed by atoms with E-state index in [1.165, 1.54) is 23.9 Å². The van der Waals surface area contributed by atoms with E-state index in [0.717, 1.165) is 11.3 Å². The molecule has 1 rings (SSSR count). The molecule has 1 aromatic rings. The van der Waals surface area contributed by atoms with Crippen LogP contribution in [0.5, 0.6) is 0 Å². The van der Waals surface area contributed by atoms with E-state index in [9.17, 15) is 9.18 Å². The lowest BCUT2D eigenvalue weighted by molar-refractivity contribution is -0.116. The number of halogens is 1. The molecule has 0 radical (unpaired) electrons. The first-order valence-electron chi connectivity index (χ1n) is 5.56. The fourth-order valence-corrected chi connectivity index (χ4v) is 2.26. The second-order valence-electron chi connectivity index (χ2n) is 4.14. The number of aliphatic hydroxyl groups excluding tert-OH is 1. The first-order chi connectivity index (χ1) is 8.11. The number of hydrogen-bond donors (Lipinski definition) is 1. The smallest absolute Gasteiger partial charge is 0.147 e. The van der Waals surface area contributed by atoms with Crippen molar-refractivity contribution in [3.8, 4) is 0 Å². The first-order valence-corrected chi connectivity index (χ1v) is 6.72. The lowest BCUT2D eigenvalue weighted by atomic mass is 10.1. The van der Waals surface area contributed by atoms with Gasteiger partial charge in [-0.1, -0.05) is 19.1 Å². The van der Waals surface area contributed by atoms with E-state index in [-0.39, 0.29) is 24.1 Å². The van der Waals surface area contributed by atoms with Crippen molar-refractivity contribution in [2.75, 3.05) is 18.1 Å². The van der Waals surface area contributed by atoms with Gasteiger partial charge in [-0.3, -0.25) is 4.79 Å². The molecule has 0 fully saturated rings. The molecule has 2 nitrogen and oxygen atoms in total. The van der Waals surface area contributed by atoms with Crippen LogP contribution in [0.1, 0.15) is 12.5 Å². The molecule has 94 valence electrons. The fourth-order valence-electron chi connectivity index (χ4n) is 1.31. The van der Waals surface area contributed by atoms with Gasteiger partial charge in [0.2, 0.25) is 0 Å². The Kier molecular flexibility index (Phi) is 6.22. The Bertz CT molecular complexity index is 351. The summed E-state index contributed by atoms with van der Waals surface area (Å²) >= 11 is 1.53. The third-order valence-electron chi connectivity index (χ3n) is 2.29. The molecule has 1 N–H and O–H groups in total. The molecular formula is C13H17FO2S. The minimum absolute atomic E-state index is 0.131. The summed E-state index contributed by atoms with van der Waals surface area (Å²) in [7, 11) is 0. The molecule has 0 spiro atoms. The van der Waals surface area contributed by atoms with Gasteiger partial charge in [0, 0.05) is 13.0 Å². The summed E-state index contributed by atoms with van der Waals surface area (Å²) in [5.74, 6) is 1.30. The number of Topliss-reactive ketones (excluding diaryl/α,β-unsaturated/α-hetero) is 1. The van der Waals surface area contributed by atoms with Crippen LogP contribution in [0.4, 0.5) is 4.39 Å². The summed E-state index contributed by atoms with van der Waals surface area (Å²) in [6, 6.07) is 6.00. The van der Waals surface area contributed by atoms with E-state index in [2.05, 4.69) is 0 Å². The minimum atomic E-state index is -0.285. The van der Waals surface area contributed by atoms with Crippen molar-refractivity contribution >= 4 is 17.5 Å².